The first-order chi connectivity index (χ1) is 8.85. The number of nitrogens with one attached hydrogen (secondary N) is 1. The van der Waals surface area contributed by atoms with Gasteiger partial charge in [0.05, 0.1) is 11.7 Å². The first-order valence-electron chi connectivity index (χ1n) is 6.22. The number of nitrogens with zero attached hydrogens (tertiary/aromatic N) is 3. The zero-order chi connectivity index (χ0) is 12.8. The normalized spacial score (nSPS) is 12.6. The van der Waals surface area contributed by atoms with Crippen molar-refractivity contribution >= 4 is 0 Å². The van der Waals surface area contributed by atoms with Gasteiger partial charge in [0, 0.05) is 31.6 Å². The summed E-state index contributed by atoms with van der Waals surface area (Å²) in [6.45, 7) is 3.13. The predicted molar refractivity (Wildman–Crippen MR) is 70.5 cm³/mol. The molecular weight excluding hydrogens is 226 g/mol. The Bertz CT molecular complexity index is 465. The summed E-state index contributed by atoms with van der Waals surface area (Å²) in [5.74, 6) is 6.65. The number of hydrazine groups is 1. The summed E-state index contributed by atoms with van der Waals surface area (Å²) in [7, 11) is 0. The average Bonchev–Trinajstić information content (AvgIpc) is 2.85. The molecule has 5 heteroatoms. The minimum atomic E-state index is -0.00999. The second kappa shape index (κ2) is 6.28. The van der Waals surface area contributed by atoms with Crippen molar-refractivity contribution in [2.45, 2.75) is 32.4 Å². The number of imidazole rings is 1. The molecule has 1 atom stereocenters. The molecule has 2 aromatic heterocycles. The lowest BCUT2D eigenvalue weighted by Crippen LogP contribution is -2.31. The third kappa shape index (κ3) is 2.94. The molecule has 0 aliphatic carbocycles. The maximum Gasteiger partial charge on any atom is 0.110 e. The van der Waals surface area contributed by atoms with Gasteiger partial charge in [-0.3, -0.25) is 16.3 Å². The molecule has 0 fully saturated rings. The topological polar surface area (TPSA) is 68.8 Å². The summed E-state index contributed by atoms with van der Waals surface area (Å²) in [5, 5.41) is 0. The summed E-state index contributed by atoms with van der Waals surface area (Å²) in [5.41, 5.74) is 3.75. The highest BCUT2D eigenvalue weighted by atomic mass is 15.2. The van der Waals surface area contributed by atoms with Crippen LogP contribution in [0.25, 0.3) is 0 Å². The molecule has 0 aromatic carbocycles. The van der Waals surface area contributed by atoms with Crippen LogP contribution in [0.2, 0.25) is 0 Å². The third-order valence-corrected chi connectivity index (χ3v) is 2.90. The van der Waals surface area contributed by atoms with Gasteiger partial charge in [0.25, 0.3) is 0 Å². The molecule has 5 nitrogen and oxygen atoms in total. The van der Waals surface area contributed by atoms with Crippen LogP contribution >= 0.6 is 0 Å². The van der Waals surface area contributed by atoms with Crippen LogP contribution in [0.1, 0.15) is 30.9 Å². The molecule has 2 rings (SSSR count). The van der Waals surface area contributed by atoms with Gasteiger partial charge >= 0.3 is 0 Å². The highest BCUT2D eigenvalue weighted by Crippen LogP contribution is 2.14. The molecule has 96 valence electrons. The first-order valence-corrected chi connectivity index (χ1v) is 6.22. The summed E-state index contributed by atoms with van der Waals surface area (Å²) in [6, 6.07) is 5.82. The second-order valence-electron chi connectivity index (χ2n) is 4.21. The Morgan fingerprint density at radius 2 is 2.22 bits per heavy atom. The van der Waals surface area contributed by atoms with E-state index < -0.39 is 0 Å². The molecule has 0 radical (unpaired) electrons. The van der Waals surface area contributed by atoms with Gasteiger partial charge in [0.1, 0.15) is 5.82 Å². The second-order valence-corrected chi connectivity index (χ2v) is 4.21. The van der Waals surface area contributed by atoms with Gasteiger partial charge < -0.3 is 4.57 Å². The number of hydrogen-bond donors (Lipinski definition) is 2. The molecule has 0 bridgehead atoms. The molecule has 2 heterocycles. The van der Waals surface area contributed by atoms with Crippen LogP contribution in [0.5, 0.6) is 0 Å². The summed E-state index contributed by atoms with van der Waals surface area (Å²) in [6.07, 6.45) is 7.44. The Morgan fingerprint density at radius 3 is 2.89 bits per heavy atom. The SMILES string of the molecule is CCCn1ccnc1CC(NN)c1ccccn1. The fourth-order valence-electron chi connectivity index (χ4n) is 1.99. The summed E-state index contributed by atoms with van der Waals surface area (Å²) < 4.78 is 2.16. The van der Waals surface area contributed by atoms with E-state index in [-0.39, 0.29) is 6.04 Å². The molecule has 0 aliphatic heterocycles. The molecule has 2 aromatic rings. The van der Waals surface area contributed by atoms with Crippen LogP contribution in [-0.2, 0) is 13.0 Å². The molecule has 18 heavy (non-hydrogen) atoms. The van der Waals surface area contributed by atoms with Crippen molar-refractivity contribution in [3.63, 3.8) is 0 Å². The lowest BCUT2D eigenvalue weighted by atomic mass is 10.1. The lowest BCUT2D eigenvalue weighted by Gasteiger charge is -2.15. The van der Waals surface area contributed by atoms with Gasteiger partial charge in [0.2, 0.25) is 0 Å². The molecule has 0 amide bonds. The van der Waals surface area contributed by atoms with Crippen LogP contribution in [0.4, 0.5) is 0 Å². The van der Waals surface area contributed by atoms with Crippen molar-refractivity contribution in [2.24, 2.45) is 5.84 Å². The van der Waals surface area contributed by atoms with Crippen molar-refractivity contribution in [3.05, 3.63) is 48.3 Å². The van der Waals surface area contributed by atoms with Crippen LogP contribution in [0.3, 0.4) is 0 Å². The Morgan fingerprint density at radius 1 is 1.33 bits per heavy atom. The highest BCUT2D eigenvalue weighted by Gasteiger charge is 2.14. The van der Waals surface area contributed by atoms with Crippen LogP contribution in [0.15, 0.2) is 36.8 Å². The van der Waals surface area contributed by atoms with E-state index in [0.29, 0.717) is 0 Å². The third-order valence-electron chi connectivity index (χ3n) is 2.90. The van der Waals surface area contributed by atoms with E-state index in [1.54, 1.807) is 6.20 Å². The Balaban J connectivity index is 2.13. The first kappa shape index (κ1) is 12.7. The van der Waals surface area contributed by atoms with Crippen molar-refractivity contribution in [2.75, 3.05) is 0 Å². The zero-order valence-electron chi connectivity index (χ0n) is 10.6. The van der Waals surface area contributed by atoms with Gasteiger partial charge in [-0.05, 0) is 18.6 Å². The number of rotatable bonds is 6. The maximum absolute atomic E-state index is 5.62. The molecule has 0 saturated carbocycles. The van der Waals surface area contributed by atoms with Gasteiger partial charge in [-0.25, -0.2) is 4.98 Å². The predicted octanol–water partition coefficient (Wildman–Crippen LogP) is 1.44. The fourth-order valence-corrected chi connectivity index (χ4v) is 1.99. The lowest BCUT2D eigenvalue weighted by molar-refractivity contribution is 0.507. The quantitative estimate of drug-likeness (QED) is 0.597. The van der Waals surface area contributed by atoms with E-state index in [1.807, 2.05) is 30.6 Å². The van der Waals surface area contributed by atoms with Crippen molar-refractivity contribution in [1.82, 2.24) is 20.0 Å². The van der Waals surface area contributed by atoms with E-state index in [9.17, 15) is 0 Å². The highest BCUT2D eigenvalue weighted by molar-refractivity contribution is 5.11. The molecule has 0 saturated heterocycles. The number of aromatic nitrogens is 3. The van der Waals surface area contributed by atoms with Crippen molar-refractivity contribution in [1.29, 1.82) is 0 Å². The summed E-state index contributed by atoms with van der Waals surface area (Å²) >= 11 is 0. The number of pyridine rings is 1. The van der Waals surface area contributed by atoms with E-state index in [4.69, 9.17) is 5.84 Å². The Hall–Kier alpha value is -1.72. The Labute approximate surface area is 107 Å². The number of nitrogens with two attached hydrogens (primary N) is 1. The van der Waals surface area contributed by atoms with E-state index in [2.05, 4.69) is 26.9 Å². The minimum Gasteiger partial charge on any atom is -0.335 e. The number of aryl methyl sites for hydroxylation is 1. The fraction of sp³-hybridized carbons (Fsp3) is 0.385. The monoisotopic (exact) mass is 245 g/mol. The molecular formula is C13H19N5. The maximum atomic E-state index is 5.62. The zero-order valence-corrected chi connectivity index (χ0v) is 10.6. The van der Waals surface area contributed by atoms with Crippen molar-refractivity contribution in [3.8, 4) is 0 Å². The van der Waals surface area contributed by atoms with Crippen LogP contribution < -0.4 is 11.3 Å². The molecule has 1 unspecified atom stereocenters. The van der Waals surface area contributed by atoms with Gasteiger partial charge in [-0.1, -0.05) is 13.0 Å². The molecule has 3 N–H and O–H groups in total. The standard InChI is InChI=1S/C13H19N5/c1-2-8-18-9-7-16-13(18)10-12(17-14)11-5-3-4-6-15-11/h3-7,9,12,17H,2,8,10,14H2,1H3. The number of hydrogen-bond acceptors (Lipinski definition) is 4. The van der Waals surface area contributed by atoms with Gasteiger partial charge in [-0.2, -0.15) is 0 Å². The van der Waals surface area contributed by atoms with Gasteiger partial charge in [-0.15, -0.1) is 0 Å². The average molecular weight is 245 g/mol. The van der Waals surface area contributed by atoms with Crippen LogP contribution in [-0.4, -0.2) is 14.5 Å². The van der Waals surface area contributed by atoms with E-state index >= 15 is 0 Å². The molecule has 0 spiro atoms. The Kier molecular flexibility index (Phi) is 4.44. The van der Waals surface area contributed by atoms with Crippen LogP contribution in [0, 0.1) is 0 Å². The smallest absolute Gasteiger partial charge is 0.110 e. The van der Waals surface area contributed by atoms with Crippen molar-refractivity contribution < 1.29 is 0 Å². The van der Waals surface area contributed by atoms with E-state index in [0.717, 1.165) is 30.9 Å². The minimum absolute atomic E-state index is 0.00999. The van der Waals surface area contributed by atoms with Gasteiger partial charge in [0.15, 0.2) is 0 Å². The summed E-state index contributed by atoms with van der Waals surface area (Å²) in [4.78, 5) is 8.71. The molecule has 0 aliphatic rings. The largest absolute Gasteiger partial charge is 0.335 e. The van der Waals surface area contributed by atoms with E-state index in [1.165, 1.54) is 0 Å².